The van der Waals surface area contributed by atoms with Crippen LogP contribution >= 0.6 is 0 Å². The summed E-state index contributed by atoms with van der Waals surface area (Å²) in [5, 5.41) is 21.6. The second-order valence-corrected chi connectivity index (χ2v) is 3.93. The average Bonchev–Trinajstić information content (AvgIpc) is 2.29. The van der Waals surface area contributed by atoms with E-state index >= 15 is 0 Å². The first kappa shape index (κ1) is 14.3. The van der Waals surface area contributed by atoms with Crippen molar-refractivity contribution in [3.63, 3.8) is 0 Å². The predicted octanol–water partition coefficient (Wildman–Crippen LogP) is 0.191. The number of hydrogen-bond donors (Lipinski definition) is 4. The van der Waals surface area contributed by atoms with Crippen molar-refractivity contribution in [3.05, 3.63) is 23.8 Å². The first-order valence-electron chi connectivity index (χ1n) is 5.60. The molecule has 1 aromatic rings. The zero-order valence-corrected chi connectivity index (χ0v) is 10.2. The molecule has 0 saturated carbocycles. The van der Waals surface area contributed by atoms with E-state index in [4.69, 9.17) is 10.5 Å². The Kier molecular flexibility index (Phi) is 5.41. The van der Waals surface area contributed by atoms with E-state index in [2.05, 4.69) is 5.32 Å². The molecule has 100 valence electrons. The molecule has 1 aromatic carbocycles. The maximum absolute atomic E-state index is 11.7. The summed E-state index contributed by atoms with van der Waals surface area (Å²) in [7, 11) is 1.55. The van der Waals surface area contributed by atoms with Crippen molar-refractivity contribution in [1.82, 2.24) is 5.32 Å². The zero-order chi connectivity index (χ0) is 13.5. The fourth-order valence-electron chi connectivity index (χ4n) is 1.52. The number of methoxy groups -OCH3 is 1. The predicted molar refractivity (Wildman–Crippen MR) is 66.6 cm³/mol. The molecule has 0 saturated heterocycles. The number of phenolic OH excluding ortho intramolecular Hbond substituents is 2. The highest BCUT2D eigenvalue weighted by Gasteiger charge is 2.15. The van der Waals surface area contributed by atoms with Gasteiger partial charge in [-0.3, -0.25) is 4.79 Å². The second kappa shape index (κ2) is 6.83. The molecule has 1 amide bonds. The van der Waals surface area contributed by atoms with Gasteiger partial charge in [0.25, 0.3) is 5.91 Å². The number of ether oxygens (including phenoxy) is 1. The molecule has 0 bridgehead atoms. The van der Waals surface area contributed by atoms with Crippen molar-refractivity contribution in [2.75, 3.05) is 20.3 Å². The highest BCUT2D eigenvalue weighted by atomic mass is 16.5. The summed E-state index contributed by atoms with van der Waals surface area (Å²) in [4.78, 5) is 11.7. The normalized spacial score (nSPS) is 12.1. The first-order valence-corrected chi connectivity index (χ1v) is 5.60. The number of nitrogens with two attached hydrogens (primary N) is 1. The Hall–Kier alpha value is -1.79. The number of amides is 1. The minimum atomic E-state index is -0.532. The Morgan fingerprint density at radius 3 is 2.61 bits per heavy atom. The summed E-state index contributed by atoms with van der Waals surface area (Å²) < 4.78 is 4.87. The van der Waals surface area contributed by atoms with Crippen LogP contribution in [0.4, 0.5) is 0 Å². The minimum Gasteiger partial charge on any atom is -0.507 e. The number of carbonyl (C=O) groups excluding carboxylic acids is 1. The smallest absolute Gasteiger partial charge is 0.258 e. The van der Waals surface area contributed by atoms with Crippen molar-refractivity contribution in [3.8, 4) is 11.5 Å². The van der Waals surface area contributed by atoms with Crippen LogP contribution in [0.5, 0.6) is 11.5 Å². The van der Waals surface area contributed by atoms with E-state index in [1.165, 1.54) is 18.2 Å². The first-order chi connectivity index (χ1) is 8.56. The van der Waals surface area contributed by atoms with Gasteiger partial charge in [0, 0.05) is 19.7 Å². The van der Waals surface area contributed by atoms with Gasteiger partial charge in [0.15, 0.2) is 0 Å². The van der Waals surface area contributed by atoms with Crippen LogP contribution in [-0.2, 0) is 4.74 Å². The van der Waals surface area contributed by atoms with Crippen LogP contribution in [0.1, 0.15) is 16.8 Å². The van der Waals surface area contributed by atoms with E-state index in [1.807, 2.05) is 0 Å². The van der Waals surface area contributed by atoms with Crippen LogP contribution in [0, 0.1) is 0 Å². The molecule has 0 aliphatic heterocycles. The molecule has 5 N–H and O–H groups in total. The molecular formula is C12H18N2O4. The number of aromatic hydroxyl groups is 2. The van der Waals surface area contributed by atoms with Crippen LogP contribution in [0.2, 0.25) is 0 Å². The van der Waals surface area contributed by atoms with E-state index in [-0.39, 0.29) is 23.1 Å². The fourth-order valence-corrected chi connectivity index (χ4v) is 1.52. The molecule has 0 aliphatic rings. The van der Waals surface area contributed by atoms with Gasteiger partial charge >= 0.3 is 0 Å². The molecular weight excluding hydrogens is 236 g/mol. The number of rotatable bonds is 6. The Labute approximate surface area is 105 Å². The highest BCUT2D eigenvalue weighted by molar-refractivity contribution is 5.99. The number of phenols is 2. The van der Waals surface area contributed by atoms with Gasteiger partial charge in [0.05, 0.1) is 6.61 Å². The fraction of sp³-hybridized carbons (Fsp3) is 0.417. The summed E-state index contributed by atoms with van der Waals surface area (Å²) in [6.45, 7) is 0.759. The van der Waals surface area contributed by atoms with Gasteiger partial charge in [0.1, 0.15) is 17.1 Å². The van der Waals surface area contributed by atoms with Crippen LogP contribution in [-0.4, -0.2) is 42.4 Å². The Morgan fingerprint density at radius 2 is 2.06 bits per heavy atom. The highest BCUT2D eigenvalue weighted by Crippen LogP contribution is 2.25. The summed E-state index contributed by atoms with van der Waals surface area (Å²) >= 11 is 0. The minimum absolute atomic E-state index is 0.127. The zero-order valence-electron chi connectivity index (χ0n) is 10.2. The third-order valence-electron chi connectivity index (χ3n) is 2.43. The van der Waals surface area contributed by atoms with Crippen molar-refractivity contribution < 1.29 is 19.7 Å². The monoisotopic (exact) mass is 254 g/mol. The molecule has 0 fully saturated rings. The molecule has 0 aromatic heterocycles. The molecule has 6 heteroatoms. The summed E-state index contributed by atoms with van der Waals surface area (Å²) in [5.41, 5.74) is 5.57. The third kappa shape index (κ3) is 3.90. The average molecular weight is 254 g/mol. The summed E-state index contributed by atoms with van der Waals surface area (Å²) in [6, 6.07) is 3.97. The quantitative estimate of drug-likeness (QED) is 0.580. The van der Waals surface area contributed by atoms with Crippen LogP contribution in [0.3, 0.4) is 0 Å². The van der Waals surface area contributed by atoms with Crippen molar-refractivity contribution >= 4 is 5.91 Å². The van der Waals surface area contributed by atoms with Crippen molar-refractivity contribution in [1.29, 1.82) is 0 Å². The number of benzene rings is 1. The standard InChI is InChI=1S/C12H18N2O4/c1-18-7-8(13)5-6-14-12(17)11-9(15)3-2-4-10(11)16/h2-4,8,15-16H,5-7,13H2,1H3,(H,14,17). The lowest BCUT2D eigenvalue weighted by Crippen LogP contribution is -2.32. The van der Waals surface area contributed by atoms with Gasteiger partial charge in [-0.1, -0.05) is 6.07 Å². The van der Waals surface area contributed by atoms with Gasteiger partial charge in [-0.15, -0.1) is 0 Å². The lowest BCUT2D eigenvalue weighted by Gasteiger charge is -2.12. The third-order valence-corrected chi connectivity index (χ3v) is 2.43. The molecule has 1 unspecified atom stereocenters. The maximum Gasteiger partial charge on any atom is 0.258 e. The largest absolute Gasteiger partial charge is 0.507 e. The molecule has 0 aliphatic carbocycles. The lowest BCUT2D eigenvalue weighted by atomic mass is 10.1. The molecule has 0 radical (unpaired) electrons. The Morgan fingerprint density at radius 1 is 1.44 bits per heavy atom. The van der Waals surface area contributed by atoms with Crippen LogP contribution in [0.15, 0.2) is 18.2 Å². The number of hydrogen-bond acceptors (Lipinski definition) is 5. The molecule has 0 spiro atoms. The maximum atomic E-state index is 11.7. The van der Waals surface area contributed by atoms with Crippen molar-refractivity contribution in [2.24, 2.45) is 5.73 Å². The van der Waals surface area contributed by atoms with Crippen LogP contribution < -0.4 is 11.1 Å². The van der Waals surface area contributed by atoms with Gasteiger partial charge < -0.3 is 26.0 Å². The van der Waals surface area contributed by atoms with E-state index < -0.39 is 5.91 Å². The summed E-state index contributed by atoms with van der Waals surface area (Å²) in [5.74, 6) is -1.04. The van der Waals surface area contributed by atoms with Crippen molar-refractivity contribution in [2.45, 2.75) is 12.5 Å². The van der Waals surface area contributed by atoms with Gasteiger partial charge in [0.2, 0.25) is 0 Å². The van der Waals surface area contributed by atoms with Gasteiger partial charge in [-0.2, -0.15) is 0 Å². The number of carbonyl (C=O) groups is 1. The molecule has 18 heavy (non-hydrogen) atoms. The van der Waals surface area contributed by atoms with Gasteiger partial charge in [-0.25, -0.2) is 0 Å². The van der Waals surface area contributed by atoms with E-state index in [9.17, 15) is 15.0 Å². The molecule has 1 atom stereocenters. The molecule has 0 heterocycles. The second-order valence-electron chi connectivity index (χ2n) is 3.93. The SMILES string of the molecule is COCC(N)CCNC(=O)c1c(O)cccc1O. The summed E-state index contributed by atoms with van der Waals surface area (Å²) in [6.07, 6.45) is 0.550. The van der Waals surface area contributed by atoms with E-state index in [1.54, 1.807) is 7.11 Å². The topological polar surface area (TPSA) is 105 Å². The number of nitrogens with one attached hydrogen (secondary N) is 1. The lowest BCUT2D eigenvalue weighted by molar-refractivity contribution is 0.0944. The van der Waals surface area contributed by atoms with E-state index in [0.717, 1.165) is 0 Å². The Balaban J connectivity index is 2.51. The molecule has 6 nitrogen and oxygen atoms in total. The van der Waals surface area contributed by atoms with E-state index in [0.29, 0.717) is 19.6 Å². The molecule has 1 rings (SSSR count). The Bertz CT molecular complexity index is 389. The van der Waals surface area contributed by atoms with Crippen LogP contribution in [0.25, 0.3) is 0 Å². The van der Waals surface area contributed by atoms with Gasteiger partial charge in [-0.05, 0) is 18.6 Å².